The Morgan fingerprint density at radius 1 is 0.661 bits per heavy atom. The first-order valence-corrected chi connectivity index (χ1v) is 19.8. The van der Waals surface area contributed by atoms with Crippen LogP contribution in [0.25, 0.3) is 44.4 Å². The second-order valence-corrected chi connectivity index (χ2v) is 16.2. The molecule has 0 N–H and O–H groups in total. The van der Waals surface area contributed by atoms with Crippen LogP contribution in [0.5, 0.6) is 11.5 Å². The predicted octanol–water partition coefficient (Wildman–Crippen LogP) is 11.8. The molecule has 3 aromatic heterocycles. The largest absolute Gasteiger partial charge is 2.00 e. The van der Waals surface area contributed by atoms with E-state index in [1.165, 1.54) is 48.6 Å². The smallest absolute Gasteiger partial charge is 0.509 e. The van der Waals surface area contributed by atoms with E-state index in [0.717, 1.165) is 62.3 Å². The molecule has 56 heavy (non-hydrogen) atoms. The third kappa shape index (κ3) is 5.45. The van der Waals surface area contributed by atoms with Crippen molar-refractivity contribution in [3.05, 3.63) is 168 Å². The van der Waals surface area contributed by atoms with E-state index in [4.69, 9.17) is 14.8 Å². The maximum atomic E-state index is 6.57. The summed E-state index contributed by atoms with van der Waals surface area (Å²) >= 11 is 0. The summed E-state index contributed by atoms with van der Waals surface area (Å²) in [5, 5.41) is 7.21. The SMILES string of the molecule is Cc1nn(-c2[c-]c(Oc3[c-]c4c(cc3)c3ccccc3n4-c3cc(C4(c5ccccc5)C5CC6CC(C5)CC4C6)ccn3)ccc2)c(C)c1-c1ccccc1.[Pt+2]. The zero-order valence-electron chi connectivity index (χ0n) is 31.6. The van der Waals surface area contributed by atoms with Gasteiger partial charge in [-0.25, -0.2) is 4.98 Å². The maximum absolute atomic E-state index is 6.57. The van der Waals surface area contributed by atoms with Crippen LogP contribution in [0, 0.1) is 49.7 Å². The number of pyridine rings is 1. The van der Waals surface area contributed by atoms with Gasteiger partial charge in [0.2, 0.25) is 0 Å². The van der Waals surface area contributed by atoms with Gasteiger partial charge in [0.05, 0.1) is 5.69 Å². The minimum absolute atomic E-state index is 0. The Balaban J connectivity index is 0.00000384. The van der Waals surface area contributed by atoms with Gasteiger partial charge in [0.25, 0.3) is 0 Å². The Kier molecular flexibility index (Phi) is 8.63. The van der Waals surface area contributed by atoms with Crippen molar-refractivity contribution in [3.63, 3.8) is 0 Å². The molecule has 0 spiro atoms. The van der Waals surface area contributed by atoms with Crippen molar-refractivity contribution in [3.8, 4) is 34.1 Å². The van der Waals surface area contributed by atoms with E-state index in [2.05, 4.69) is 128 Å². The van der Waals surface area contributed by atoms with Gasteiger partial charge in [-0.1, -0.05) is 84.4 Å². The summed E-state index contributed by atoms with van der Waals surface area (Å²) in [6, 6.07) is 52.5. The summed E-state index contributed by atoms with van der Waals surface area (Å²) in [7, 11) is 0. The number of rotatable bonds is 7. The van der Waals surface area contributed by atoms with E-state index in [1.807, 2.05) is 41.2 Å². The Labute approximate surface area is 342 Å². The number of ether oxygens (including phenoxy) is 1. The van der Waals surface area contributed by atoms with E-state index < -0.39 is 0 Å². The quantitative estimate of drug-likeness (QED) is 0.150. The molecule has 6 heteroatoms. The third-order valence-electron chi connectivity index (χ3n) is 13.2. The normalized spacial score (nSPS) is 22.4. The van der Waals surface area contributed by atoms with E-state index in [9.17, 15) is 0 Å². The summed E-state index contributed by atoms with van der Waals surface area (Å²) in [5.74, 6) is 5.22. The fraction of sp³-hybridized carbons (Fsp3) is 0.240. The molecule has 4 saturated carbocycles. The van der Waals surface area contributed by atoms with Crippen molar-refractivity contribution in [2.75, 3.05) is 0 Å². The second-order valence-electron chi connectivity index (χ2n) is 16.2. The summed E-state index contributed by atoms with van der Waals surface area (Å²) in [4.78, 5) is 5.10. The topological polar surface area (TPSA) is 44.9 Å². The van der Waals surface area contributed by atoms with Crippen LogP contribution in [-0.2, 0) is 26.5 Å². The van der Waals surface area contributed by atoms with Gasteiger partial charge in [-0.3, -0.25) is 4.68 Å². The first-order valence-electron chi connectivity index (χ1n) is 19.8. The van der Waals surface area contributed by atoms with Crippen LogP contribution >= 0.6 is 0 Å². The Hall–Kier alpha value is -5.25. The molecular weight excluding hydrogens is 868 g/mol. The third-order valence-corrected chi connectivity index (χ3v) is 13.2. The molecule has 0 saturated heterocycles. The van der Waals surface area contributed by atoms with Gasteiger partial charge in [0.1, 0.15) is 5.82 Å². The monoisotopic (exact) mass is 909 g/mol. The van der Waals surface area contributed by atoms with E-state index in [0.29, 0.717) is 23.3 Å². The molecule has 12 rings (SSSR count). The average Bonchev–Trinajstić information content (AvgIpc) is 3.71. The number of hydrogen-bond donors (Lipinski definition) is 0. The molecule has 0 atom stereocenters. The second kappa shape index (κ2) is 13.7. The molecule has 4 aliphatic carbocycles. The number of nitrogens with zero attached hydrogens (tertiary/aromatic N) is 4. The molecule has 0 unspecified atom stereocenters. The fourth-order valence-electron chi connectivity index (χ4n) is 11.4. The zero-order chi connectivity index (χ0) is 36.7. The van der Waals surface area contributed by atoms with Crippen LogP contribution < -0.4 is 4.74 Å². The molecule has 5 nitrogen and oxygen atoms in total. The van der Waals surface area contributed by atoms with Crippen LogP contribution in [0.2, 0.25) is 0 Å². The van der Waals surface area contributed by atoms with Gasteiger partial charge in [0, 0.05) is 39.9 Å². The van der Waals surface area contributed by atoms with Crippen molar-refractivity contribution >= 4 is 21.8 Å². The van der Waals surface area contributed by atoms with Crippen LogP contribution in [-0.4, -0.2) is 19.3 Å². The predicted molar refractivity (Wildman–Crippen MR) is 219 cm³/mol. The van der Waals surface area contributed by atoms with Crippen molar-refractivity contribution in [2.24, 2.45) is 23.7 Å². The minimum Gasteiger partial charge on any atom is -0.509 e. The number of fused-ring (bicyclic) bond motifs is 3. The van der Waals surface area contributed by atoms with Crippen LogP contribution in [0.15, 0.2) is 134 Å². The maximum Gasteiger partial charge on any atom is 2.00 e. The average molecular weight is 910 g/mol. The fourth-order valence-corrected chi connectivity index (χ4v) is 11.4. The van der Waals surface area contributed by atoms with E-state index in [1.54, 1.807) is 0 Å². The minimum atomic E-state index is -0.00268. The molecule has 8 aromatic rings. The summed E-state index contributed by atoms with van der Waals surface area (Å²) in [6.45, 7) is 4.17. The van der Waals surface area contributed by atoms with Crippen molar-refractivity contribution in [1.82, 2.24) is 19.3 Å². The van der Waals surface area contributed by atoms with Gasteiger partial charge >= 0.3 is 21.1 Å². The molecule has 0 amide bonds. The van der Waals surface area contributed by atoms with E-state index >= 15 is 0 Å². The molecule has 0 aliphatic heterocycles. The van der Waals surface area contributed by atoms with Crippen LogP contribution in [0.3, 0.4) is 0 Å². The van der Waals surface area contributed by atoms with Crippen LogP contribution in [0.4, 0.5) is 0 Å². The number of hydrogen-bond acceptors (Lipinski definition) is 3. The van der Waals surface area contributed by atoms with Gasteiger partial charge in [-0.2, -0.15) is 17.2 Å². The van der Waals surface area contributed by atoms with Crippen molar-refractivity contribution in [2.45, 2.75) is 51.4 Å². The number of benzene rings is 5. The number of para-hydroxylation sites is 1. The summed E-state index contributed by atoms with van der Waals surface area (Å²) in [5.41, 5.74) is 10.1. The Morgan fingerprint density at radius 2 is 1.36 bits per heavy atom. The first-order chi connectivity index (χ1) is 27.0. The molecular formula is C50H42N4OPt. The van der Waals surface area contributed by atoms with Gasteiger partial charge in [0.15, 0.2) is 0 Å². The Morgan fingerprint density at radius 3 is 2.12 bits per heavy atom. The van der Waals surface area contributed by atoms with Gasteiger partial charge in [-0.15, -0.1) is 35.7 Å². The van der Waals surface area contributed by atoms with Gasteiger partial charge < -0.3 is 9.30 Å². The van der Waals surface area contributed by atoms with Gasteiger partial charge in [-0.05, 0) is 116 Å². The molecule has 4 bridgehead atoms. The molecule has 278 valence electrons. The van der Waals surface area contributed by atoms with Crippen molar-refractivity contribution < 1.29 is 25.8 Å². The zero-order valence-corrected chi connectivity index (χ0v) is 33.8. The summed E-state index contributed by atoms with van der Waals surface area (Å²) in [6.07, 6.45) is 8.79. The number of aryl methyl sites for hydroxylation is 1. The molecule has 4 aliphatic rings. The van der Waals surface area contributed by atoms with Crippen molar-refractivity contribution in [1.29, 1.82) is 0 Å². The molecule has 5 aromatic carbocycles. The number of aromatic nitrogens is 4. The molecule has 0 radical (unpaired) electrons. The standard InChI is InChI=1S/C50H42N4O.Pt/c1-32-49(36-12-5-3-6-13-36)33(2)54(52-32)41-16-11-17-42(30-41)55-43-20-21-45-44-18-9-10-19-46(44)53(47(45)31-43)48-29-38(22-23-51-48)50(37-14-7-4-8-15-37)39-25-34-24-35(27-39)28-40(50)26-34;/h3-23,29,34-35,39-40H,24-28H2,1-2H3;/q-2;+2. The summed E-state index contributed by atoms with van der Waals surface area (Å²) < 4.78 is 10.8. The first kappa shape index (κ1) is 35.2. The molecule has 4 fully saturated rings. The molecule has 3 heterocycles. The Bertz CT molecular complexity index is 2700. The van der Waals surface area contributed by atoms with Crippen LogP contribution in [0.1, 0.15) is 54.6 Å². The van der Waals surface area contributed by atoms with E-state index in [-0.39, 0.29) is 26.5 Å².